The van der Waals surface area contributed by atoms with Crippen LogP contribution in [0.1, 0.15) is 0 Å². The summed E-state index contributed by atoms with van der Waals surface area (Å²) in [6, 6.07) is 10.4. The lowest BCUT2D eigenvalue weighted by atomic mass is 10.3. The largest absolute Gasteiger partial charge is 0.332 e. The van der Waals surface area contributed by atoms with Crippen LogP contribution in [-0.2, 0) is 10.0 Å². The summed E-state index contributed by atoms with van der Waals surface area (Å²) in [5.41, 5.74) is 0.801. The molecule has 2 aromatic rings. The van der Waals surface area contributed by atoms with Crippen LogP contribution < -0.4 is 15.8 Å². The number of hydrogen-bond acceptors (Lipinski definition) is 3. The lowest BCUT2D eigenvalue weighted by Crippen LogP contribution is -2.20. The number of benzene rings is 2. The van der Waals surface area contributed by atoms with Crippen molar-refractivity contribution in [1.29, 1.82) is 0 Å². The fraction of sp³-hybridized carbons (Fsp3) is 0. The van der Waals surface area contributed by atoms with Gasteiger partial charge in [-0.1, -0.05) is 0 Å². The van der Waals surface area contributed by atoms with E-state index < -0.39 is 15.8 Å². The van der Waals surface area contributed by atoms with Crippen molar-refractivity contribution in [3.63, 3.8) is 0 Å². The van der Waals surface area contributed by atoms with E-state index in [4.69, 9.17) is 17.4 Å². The second-order valence-corrected chi connectivity index (χ2v) is 7.49. The second-order valence-electron chi connectivity index (χ2n) is 4.27. The highest BCUT2D eigenvalue weighted by Crippen LogP contribution is 2.18. The molecule has 0 aliphatic rings. The van der Waals surface area contributed by atoms with Crippen molar-refractivity contribution in [2.24, 2.45) is 5.14 Å². The minimum atomic E-state index is -3.73. The van der Waals surface area contributed by atoms with Crippen LogP contribution in [0.25, 0.3) is 0 Å². The molecule has 9 heteroatoms. The van der Waals surface area contributed by atoms with Gasteiger partial charge in [-0.15, -0.1) is 0 Å². The standard InChI is InChI=1S/C13H11FIN3O2S2/c14-11-7-8(15)1-6-12(11)18-13(21)17-9-2-4-10(5-3-9)22(16,19)20/h1-7H,(H2,16,19,20)(H2,17,18,21). The summed E-state index contributed by atoms with van der Waals surface area (Å²) in [4.78, 5) is 0.000562. The van der Waals surface area contributed by atoms with Crippen LogP contribution in [0, 0.1) is 9.39 Å². The minimum absolute atomic E-state index is 0.000562. The first-order valence-corrected chi connectivity index (χ1v) is 8.95. The van der Waals surface area contributed by atoms with Gasteiger partial charge in [0.05, 0.1) is 10.6 Å². The Morgan fingerprint density at radius 3 is 2.32 bits per heavy atom. The fourth-order valence-electron chi connectivity index (χ4n) is 1.60. The van der Waals surface area contributed by atoms with Crippen LogP contribution in [0.3, 0.4) is 0 Å². The van der Waals surface area contributed by atoms with Gasteiger partial charge in [-0.2, -0.15) is 0 Å². The molecule has 0 saturated heterocycles. The Morgan fingerprint density at radius 2 is 1.77 bits per heavy atom. The quantitative estimate of drug-likeness (QED) is 0.494. The van der Waals surface area contributed by atoms with Crippen LogP contribution in [0.5, 0.6) is 0 Å². The molecule has 0 heterocycles. The van der Waals surface area contributed by atoms with E-state index in [9.17, 15) is 12.8 Å². The molecule has 0 aliphatic heterocycles. The summed E-state index contributed by atoms with van der Waals surface area (Å²) in [7, 11) is -3.73. The zero-order valence-corrected chi connectivity index (χ0v) is 14.8. The van der Waals surface area contributed by atoms with Crippen molar-refractivity contribution in [3.05, 3.63) is 51.9 Å². The van der Waals surface area contributed by atoms with E-state index in [2.05, 4.69) is 10.6 Å². The Hall–Kier alpha value is -1.30. The minimum Gasteiger partial charge on any atom is -0.332 e. The first kappa shape index (κ1) is 17.1. The molecule has 0 bridgehead atoms. The van der Waals surface area contributed by atoms with E-state index >= 15 is 0 Å². The molecule has 0 radical (unpaired) electrons. The lowest BCUT2D eigenvalue weighted by molar-refractivity contribution is 0.598. The molecule has 0 fully saturated rings. The summed E-state index contributed by atoms with van der Waals surface area (Å²) >= 11 is 7.09. The Bertz CT molecular complexity index is 811. The topological polar surface area (TPSA) is 84.2 Å². The van der Waals surface area contributed by atoms with E-state index in [1.54, 1.807) is 12.1 Å². The number of rotatable bonds is 3. The SMILES string of the molecule is NS(=O)(=O)c1ccc(NC(=S)Nc2ccc(I)cc2F)cc1. The normalized spacial score (nSPS) is 11.0. The van der Waals surface area contributed by atoms with Crippen molar-refractivity contribution >= 4 is 61.3 Å². The molecule has 22 heavy (non-hydrogen) atoms. The molecule has 5 nitrogen and oxygen atoms in total. The Morgan fingerprint density at radius 1 is 1.14 bits per heavy atom. The zero-order valence-electron chi connectivity index (χ0n) is 11.0. The molecule has 0 aliphatic carbocycles. The zero-order chi connectivity index (χ0) is 16.3. The van der Waals surface area contributed by atoms with Crippen LogP contribution in [-0.4, -0.2) is 13.5 Å². The third-order valence-corrected chi connectivity index (χ3v) is 4.42. The molecule has 0 spiro atoms. The number of primary sulfonamides is 1. The number of nitrogens with one attached hydrogen (secondary N) is 2. The lowest BCUT2D eigenvalue weighted by Gasteiger charge is -2.11. The number of halogens is 2. The molecule has 116 valence electrons. The Kier molecular flexibility index (Phi) is 5.32. The predicted octanol–water partition coefficient (Wildman–Crippen LogP) is 2.89. The molecule has 0 aromatic heterocycles. The molecular weight excluding hydrogens is 440 g/mol. The van der Waals surface area contributed by atoms with Crippen LogP contribution in [0.2, 0.25) is 0 Å². The summed E-state index contributed by atoms with van der Waals surface area (Å²) in [5.74, 6) is -0.416. The summed E-state index contributed by atoms with van der Waals surface area (Å²) in [5, 5.41) is 10.8. The Balaban J connectivity index is 2.06. The molecule has 2 aromatic carbocycles. The van der Waals surface area contributed by atoms with Crippen molar-refractivity contribution in [3.8, 4) is 0 Å². The molecule has 0 unspecified atom stereocenters. The van der Waals surface area contributed by atoms with Gasteiger partial charge in [0.25, 0.3) is 0 Å². The Labute approximate surface area is 146 Å². The van der Waals surface area contributed by atoms with Crippen LogP contribution in [0.15, 0.2) is 47.4 Å². The molecular formula is C13H11FIN3O2S2. The van der Waals surface area contributed by atoms with Crippen molar-refractivity contribution in [1.82, 2.24) is 0 Å². The molecule has 0 saturated carbocycles. The van der Waals surface area contributed by atoms with Gasteiger partial charge >= 0.3 is 0 Å². The van der Waals surface area contributed by atoms with Crippen LogP contribution >= 0.6 is 34.8 Å². The van der Waals surface area contributed by atoms with Crippen molar-refractivity contribution in [2.45, 2.75) is 4.90 Å². The average Bonchev–Trinajstić information content (AvgIpc) is 2.41. The third kappa shape index (κ3) is 4.60. The van der Waals surface area contributed by atoms with Gasteiger partial charge in [0.1, 0.15) is 5.82 Å². The monoisotopic (exact) mass is 451 g/mol. The van der Waals surface area contributed by atoms with Gasteiger partial charge in [0, 0.05) is 9.26 Å². The highest BCUT2D eigenvalue weighted by molar-refractivity contribution is 14.1. The number of sulfonamides is 1. The smallest absolute Gasteiger partial charge is 0.238 e. The second kappa shape index (κ2) is 6.86. The van der Waals surface area contributed by atoms with E-state index in [0.29, 0.717) is 5.69 Å². The third-order valence-electron chi connectivity index (χ3n) is 2.62. The summed E-state index contributed by atoms with van der Waals surface area (Å²) in [6.07, 6.45) is 0. The van der Waals surface area contributed by atoms with Gasteiger partial charge in [-0.05, 0) is 77.3 Å². The molecule has 0 atom stereocenters. The maximum absolute atomic E-state index is 13.7. The number of hydrogen-bond donors (Lipinski definition) is 3. The highest BCUT2D eigenvalue weighted by Gasteiger charge is 2.08. The number of nitrogens with two attached hydrogens (primary N) is 1. The average molecular weight is 451 g/mol. The van der Waals surface area contributed by atoms with Gasteiger partial charge < -0.3 is 10.6 Å². The fourth-order valence-corrected chi connectivity index (χ4v) is 2.80. The van der Waals surface area contributed by atoms with E-state index in [0.717, 1.165) is 3.57 Å². The predicted molar refractivity (Wildman–Crippen MR) is 96.8 cm³/mol. The molecule has 2 rings (SSSR count). The van der Waals surface area contributed by atoms with Gasteiger partial charge in [0.2, 0.25) is 10.0 Å². The van der Waals surface area contributed by atoms with Crippen LogP contribution in [0.4, 0.5) is 15.8 Å². The molecule has 4 N–H and O–H groups in total. The van der Waals surface area contributed by atoms with Gasteiger partial charge in [0.15, 0.2) is 5.11 Å². The summed E-state index contributed by atoms with van der Waals surface area (Å²) in [6.45, 7) is 0. The number of thiocarbonyl (C=S) groups is 1. The van der Waals surface area contributed by atoms with E-state index in [-0.39, 0.29) is 15.7 Å². The van der Waals surface area contributed by atoms with Crippen molar-refractivity contribution in [2.75, 3.05) is 10.6 Å². The first-order valence-electron chi connectivity index (χ1n) is 5.91. The highest BCUT2D eigenvalue weighted by atomic mass is 127. The first-order chi connectivity index (χ1) is 10.3. The molecule has 0 amide bonds. The van der Waals surface area contributed by atoms with E-state index in [1.807, 2.05) is 22.6 Å². The van der Waals surface area contributed by atoms with Crippen molar-refractivity contribution < 1.29 is 12.8 Å². The number of anilines is 2. The summed E-state index contributed by atoms with van der Waals surface area (Å²) < 4.78 is 36.8. The maximum atomic E-state index is 13.7. The van der Waals surface area contributed by atoms with Gasteiger partial charge in [-0.3, -0.25) is 0 Å². The van der Waals surface area contributed by atoms with Gasteiger partial charge in [-0.25, -0.2) is 17.9 Å². The van der Waals surface area contributed by atoms with E-state index in [1.165, 1.54) is 30.3 Å². The maximum Gasteiger partial charge on any atom is 0.238 e.